The van der Waals surface area contributed by atoms with Gasteiger partial charge >= 0.3 is 11.9 Å². The van der Waals surface area contributed by atoms with Gasteiger partial charge in [-0.25, -0.2) is 9.59 Å². The maximum absolute atomic E-state index is 12.2. The van der Waals surface area contributed by atoms with Crippen LogP contribution in [-0.4, -0.2) is 24.2 Å². The second-order valence-electron chi connectivity index (χ2n) is 7.09. The quantitative estimate of drug-likeness (QED) is 0.626. The zero-order valence-electron chi connectivity index (χ0n) is 16.1. The number of carbonyl (C=O) groups excluding carboxylic acids is 1. The van der Waals surface area contributed by atoms with Crippen molar-refractivity contribution >= 4 is 11.9 Å². The van der Waals surface area contributed by atoms with Crippen molar-refractivity contribution in [2.45, 2.75) is 19.3 Å². The van der Waals surface area contributed by atoms with Gasteiger partial charge < -0.3 is 9.84 Å². The smallest absolute Gasteiger partial charge is 0.338 e. The lowest BCUT2D eigenvalue weighted by Gasteiger charge is -2.27. The maximum atomic E-state index is 12.2. The average molecular weight is 374 g/mol. The van der Waals surface area contributed by atoms with Gasteiger partial charge in [0.25, 0.3) is 0 Å². The highest BCUT2D eigenvalue weighted by atomic mass is 16.5. The average Bonchev–Trinajstić information content (AvgIpc) is 2.73. The first-order valence-corrected chi connectivity index (χ1v) is 8.97. The number of rotatable bonds is 5. The third-order valence-electron chi connectivity index (χ3n) is 5.09. The zero-order chi connectivity index (χ0) is 20.3. The predicted molar refractivity (Wildman–Crippen MR) is 109 cm³/mol. The highest BCUT2D eigenvalue weighted by Crippen LogP contribution is 2.36. The summed E-state index contributed by atoms with van der Waals surface area (Å²) in [6.45, 7) is 4.18. The van der Waals surface area contributed by atoms with Crippen molar-refractivity contribution in [2.24, 2.45) is 0 Å². The molecule has 0 heterocycles. The monoisotopic (exact) mass is 374 g/mol. The van der Waals surface area contributed by atoms with E-state index >= 15 is 0 Å². The molecule has 3 aromatic rings. The van der Waals surface area contributed by atoms with E-state index in [-0.39, 0.29) is 11.0 Å². The minimum atomic E-state index is -1.04. The van der Waals surface area contributed by atoms with E-state index in [9.17, 15) is 14.7 Å². The van der Waals surface area contributed by atoms with Crippen molar-refractivity contribution in [3.63, 3.8) is 0 Å². The summed E-state index contributed by atoms with van der Waals surface area (Å²) in [7, 11) is 1.31. The van der Waals surface area contributed by atoms with Gasteiger partial charge in [0, 0.05) is 5.41 Å². The summed E-state index contributed by atoms with van der Waals surface area (Å²) in [4.78, 5) is 24.1. The molecular weight excluding hydrogens is 352 g/mol. The molecule has 1 N–H and O–H groups in total. The van der Waals surface area contributed by atoms with Gasteiger partial charge in [0.2, 0.25) is 0 Å². The van der Waals surface area contributed by atoms with Gasteiger partial charge in [-0.05, 0) is 40.5 Å². The molecule has 28 heavy (non-hydrogen) atoms. The van der Waals surface area contributed by atoms with Crippen molar-refractivity contribution < 1.29 is 19.4 Å². The SMILES string of the molecule is COC(=O)c1ccccc1-c1cc(C(C)(C)c2ccccc2)ccc1C(=O)O. The number of hydrogen-bond acceptors (Lipinski definition) is 3. The van der Waals surface area contributed by atoms with Crippen molar-refractivity contribution in [3.05, 3.63) is 95.1 Å². The fraction of sp³-hybridized carbons (Fsp3) is 0.167. The van der Waals surface area contributed by atoms with Gasteiger partial charge in [-0.2, -0.15) is 0 Å². The summed E-state index contributed by atoms with van der Waals surface area (Å²) in [5, 5.41) is 9.71. The summed E-state index contributed by atoms with van der Waals surface area (Å²) in [6.07, 6.45) is 0. The third-order valence-corrected chi connectivity index (χ3v) is 5.09. The van der Waals surface area contributed by atoms with Crippen molar-refractivity contribution in [1.82, 2.24) is 0 Å². The molecule has 0 amide bonds. The molecule has 142 valence electrons. The molecule has 0 unspecified atom stereocenters. The number of carbonyl (C=O) groups is 2. The summed E-state index contributed by atoms with van der Waals surface area (Å²) in [6, 6.07) is 22.2. The molecule has 0 radical (unpaired) electrons. The molecular formula is C24H22O4. The van der Waals surface area contributed by atoms with Crippen LogP contribution >= 0.6 is 0 Å². The molecule has 0 fully saturated rings. The molecule has 0 saturated heterocycles. The van der Waals surface area contributed by atoms with E-state index in [0.29, 0.717) is 16.7 Å². The van der Waals surface area contributed by atoms with E-state index in [1.807, 2.05) is 42.5 Å². The molecule has 4 nitrogen and oxygen atoms in total. The van der Waals surface area contributed by atoms with Gasteiger partial charge in [-0.15, -0.1) is 0 Å². The number of ether oxygens (including phenoxy) is 1. The molecule has 0 saturated carbocycles. The Morgan fingerprint density at radius 2 is 1.43 bits per heavy atom. The molecule has 0 atom stereocenters. The summed E-state index contributed by atoms with van der Waals surface area (Å²) in [5.74, 6) is -1.54. The van der Waals surface area contributed by atoms with Crippen LogP contribution < -0.4 is 0 Å². The molecule has 0 aliphatic carbocycles. The Morgan fingerprint density at radius 3 is 2.07 bits per heavy atom. The lowest BCUT2D eigenvalue weighted by atomic mass is 9.76. The van der Waals surface area contributed by atoms with E-state index in [2.05, 4.69) is 13.8 Å². The normalized spacial score (nSPS) is 11.1. The fourth-order valence-corrected chi connectivity index (χ4v) is 3.37. The first-order chi connectivity index (χ1) is 13.4. The summed E-state index contributed by atoms with van der Waals surface area (Å²) < 4.78 is 4.88. The Bertz CT molecular complexity index is 1020. The number of aromatic carboxylic acids is 1. The number of hydrogen-bond donors (Lipinski definition) is 1. The fourth-order valence-electron chi connectivity index (χ4n) is 3.37. The summed E-state index contributed by atoms with van der Waals surface area (Å²) >= 11 is 0. The molecule has 0 aromatic heterocycles. The van der Waals surface area contributed by atoms with Gasteiger partial charge in [0.1, 0.15) is 0 Å². The van der Waals surface area contributed by atoms with Crippen LogP contribution in [0.25, 0.3) is 11.1 Å². The van der Waals surface area contributed by atoms with Crippen LogP contribution in [0, 0.1) is 0 Å². The van der Waals surface area contributed by atoms with E-state index in [0.717, 1.165) is 11.1 Å². The molecule has 4 heteroatoms. The third kappa shape index (κ3) is 3.54. The largest absolute Gasteiger partial charge is 0.478 e. The molecule has 0 aliphatic heterocycles. The molecule has 0 spiro atoms. The number of methoxy groups -OCH3 is 1. The Labute approximate surface area is 164 Å². The van der Waals surface area contributed by atoms with E-state index in [4.69, 9.17) is 4.74 Å². The van der Waals surface area contributed by atoms with Crippen molar-refractivity contribution in [1.29, 1.82) is 0 Å². The maximum Gasteiger partial charge on any atom is 0.338 e. The topological polar surface area (TPSA) is 63.6 Å². The van der Waals surface area contributed by atoms with Crippen LogP contribution in [0.2, 0.25) is 0 Å². The predicted octanol–water partition coefficient (Wildman–Crippen LogP) is 5.16. The van der Waals surface area contributed by atoms with Crippen LogP contribution in [0.5, 0.6) is 0 Å². The van der Waals surface area contributed by atoms with Crippen LogP contribution in [0.3, 0.4) is 0 Å². The Balaban J connectivity index is 2.24. The van der Waals surface area contributed by atoms with Crippen molar-refractivity contribution in [2.75, 3.05) is 7.11 Å². The highest BCUT2D eigenvalue weighted by Gasteiger charge is 2.26. The lowest BCUT2D eigenvalue weighted by molar-refractivity contribution is 0.0600. The van der Waals surface area contributed by atoms with Crippen LogP contribution in [-0.2, 0) is 10.2 Å². The second kappa shape index (κ2) is 7.69. The van der Waals surface area contributed by atoms with Crippen LogP contribution in [0.4, 0.5) is 0 Å². The van der Waals surface area contributed by atoms with Gasteiger partial charge in [-0.3, -0.25) is 0 Å². The lowest BCUT2D eigenvalue weighted by Crippen LogP contribution is -2.19. The number of benzene rings is 3. The zero-order valence-corrected chi connectivity index (χ0v) is 16.1. The summed E-state index contributed by atoms with van der Waals surface area (Å²) in [5.41, 5.74) is 3.25. The highest BCUT2D eigenvalue weighted by molar-refractivity contribution is 6.02. The van der Waals surface area contributed by atoms with Gasteiger partial charge in [0.15, 0.2) is 0 Å². The Kier molecular flexibility index (Phi) is 5.32. The van der Waals surface area contributed by atoms with E-state index in [1.54, 1.807) is 30.3 Å². The molecule has 0 aliphatic rings. The number of carboxylic acids is 1. The first-order valence-electron chi connectivity index (χ1n) is 8.97. The van der Waals surface area contributed by atoms with E-state index in [1.165, 1.54) is 7.11 Å². The minimum Gasteiger partial charge on any atom is -0.478 e. The minimum absolute atomic E-state index is 0.143. The van der Waals surface area contributed by atoms with Crippen molar-refractivity contribution in [3.8, 4) is 11.1 Å². The number of carboxylic acid groups (broad SMARTS) is 1. The number of esters is 1. The molecule has 3 rings (SSSR count). The Hall–Kier alpha value is -3.40. The van der Waals surface area contributed by atoms with E-state index < -0.39 is 11.9 Å². The Morgan fingerprint density at radius 1 is 0.786 bits per heavy atom. The first kappa shape index (κ1) is 19.4. The van der Waals surface area contributed by atoms with Gasteiger partial charge in [-0.1, -0.05) is 68.4 Å². The van der Waals surface area contributed by atoms with Crippen LogP contribution in [0.1, 0.15) is 45.7 Å². The van der Waals surface area contributed by atoms with Crippen LogP contribution in [0.15, 0.2) is 72.8 Å². The molecule has 3 aromatic carbocycles. The second-order valence-corrected chi connectivity index (χ2v) is 7.09. The van der Waals surface area contributed by atoms with Gasteiger partial charge in [0.05, 0.1) is 18.2 Å². The standard InChI is InChI=1S/C24H22O4/c1-24(2,16-9-5-4-6-10-16)17-13-14-19(22(25)26)21(15-17)18-11-7-8-12-20(18)23(27)28-3/h4-15H,1-3H3,(H,25,26). The molecule has 0 bridgehead atoms.